The molecule has 0 aromatic heterocycles. The number of methoxy groups -OCH3 is 2. The fraction of sp³-hybridized carbons (Fsp3) is 0.240. The van der Waals surface area contributed by atoms with E-state index in [-0.39, 0.29) is 24.6 Å². The zero-order chi connectivity index (χ0) is 24.8. The van der Waals surface area contributed by atoms with Crippen LogP contribution in [0.25, 0.3) is 0 Å². The van der Waals surface area contributed by atoms with E-state index in [1.807, 2.05) is 0 Å². The Morgan fingerprint density at radius 1 is 0.943 bits per heavy atom. The second kappa shape index (κ2) is 10.6. The fourth-order valence-electron chi connectivity index (χ4n) is 3.57. The Kier molecular flexibility index (Phi) is 7.31. The fourth-order valence-corrected chi connectivity index (χ4v) is 5.05. The number of ether oxygens (including phenoxy) is 4. The van der Waals surface area contributed by atoms with Crippen molar-refractivity contribution in [2.75, 3.05) is 38.2 Å². The molecule has 9 nitrogen and oxygen atoms in total. The van der Waals surface area contributed by atoms with Gasteiger partial charge in [-0.2, -0.15) is 0 Å². The van der Waals surface area contributed by atoms with Crippen LogP contribution in [0, 0.1) is 0 Å². The van der Waals surface area contributed by atoms with Gasteiger partial charge in [0.2, 0.25) is 0 Å². The molecule has 0 radical (unpaired) electrons. The molecule has 1 aliphatic rings. The average molecular weight is 499 g/mol. The van der Waals surface area contributed by atoms with Crippen LogP contribution in [0.2, 0.25) is 0 Å². The Bertz CT molecular complexity index is 1260. The molecule has 10 heteroatoms. The third kappa shape index (κ3) is 5.43. The van der Waals surface area contributed by atoms with E-state index in [1.165, 1.54) is 23.5 Å². The van der Waals surface area contributed by atoms with Gasteiger partial charge in [0.15, 0.2) is 6.10 Å². The number of sulfonamides is 1. The van der Waals surface area contributed by atoms with Gasteiger partial charge >= 0.3 is 0 Å². The minimum absolute atomic E-state index is 0.0852. The normalized spacial score (nSPS) is 14.9. The summed E-state index contributed by atoms with van der Waals surface area (Å²) in [6.45, 7) is 0.281. The Hall–Kier alpha value is -3.92. The van der Waals surface area contributed by atoms with Crippen LogP contribution in [0.3, 0.4) is 0 Å². The molecular formula is C25H26N2O7S. The molecule has 0 saturated carbocycles. The number of nitrogens with one attached hydrogen (secondary N) is 1. The highest BCUT2D eigenvalue weighted by Crippen LogP contribution is 2.37. The molecule has 0 bridgehead atoms. The average Bonchev–Trinajstić information content (AvgIpc) is 2.90. The highest BCUT2D eigenvalue weighted by atomic mass is 32.2. The van der Waals surface area contributed by atoms with E-state index >= 15 is 0 Å². The van der Waals surface area contributed by atoms with E-state index in [0.717, 1.165) is 5.75 Å². The molecule has 1 N–H and O–H groups in total. The van der Waals surface area contributed by atoms with Crippen LogP contribution < -0.4 is 28.6 Å². The molecule has 3 aromatic rings. The van der Waals surface area contributed by atoms with Gasteiger partial charge in [-0.3, -0.25) is 9.10 Å². The molecule has 0 fully saturated rings. The molecule has 0 aliphatic carbocycles. The minimum Gasteiger partial charge on any atom is -0.497 e. The highest BCUT2D eigenvalue weighted by molar-refractivity contribution is 7.92. The molecule has 1 amide bonds. The maximum Gasteiger partial charge on any atom is 0.264 e. The lowest BCUT2D eigenvalue weighted by Gasteiger charge is -2.34. The third-order valence-electron chi connectivity index (χ3n) is 5.40. The molecule has 3 aromatic carbocycles. The zero-order valence-corrected chi connectivity index (χ0v) is 20.2. The van der Waals surface area contributed by atoms with Crippen LogP contribution in [0.5, 0.6) is 23.0 Å². The first kappa shape index (κ1) is 24.2. The van der Waals surface area contributed by atoms with Crippen molar-refractivity contribution < 1.29 is 32.2 Å². The van der Waals surface area contributed by atoms with E-state index < -0.39 is 22.0 Å². The molecule has 0 saturated heterocycles. The van der Waals surface area contributed by atoms with Crippen LogP contribution in [-0.4, -0.2) is 54.3 Å². The lowest BCUT2D eigenvalue weighted by Crippen LogP contribution is -2.51. The first-order chi connectivity index (χ1) is 16.9. The maximum atomic E-state index is 13.4. The van der Waals surface area contributed by atoms with Gasteiger partial charge in [-0.25, -0.2) is 8.42 Å². The van der Waals surface area contributed by atoms with E-state index in [0.29, 0.717) is 22.9 Å². The summed E-state index contributed by atoms with van der Waals surface area (Å²) >= 11 is 0. The summed E-state index contributed by atoms with van der Waals surface area (Å²) < 4.78 is 49.8. The maximum absolute atomic E-state index is 13.4. The smallest absolute Gasteiger partial charge is 0.264 e. The first-order valence-electron chi connectivity index (χ1n) is 10.9. The van der Waals surface area contributed by atoms with E-state index in [1.54, 1.807) is 67.8 Å². The second-order valence-electron chi connectivity index (χ2n) is 7.60. The summed E-state index contributed by atoms with van der Waals surface area (Å²) in [5.41, 5.74) is 0.371. The predicted octanol–water partition coefficient (Wildman–Crippen LogP) is 2.86. The van der Waals surface area contributed by atoms with Gasteiger partial charge in [0.05, 0.1) is 37.9 Å². The standard InChI is InChI=1S/C25H26N2O7S/c1-31-18-7-9-20(10-8-18)33-16-15-26-25(28)24-17-27(22-5-3-4-6-23(22)34-24)35(29,30)21-13-11-19(32-2)12-14-21/h3-14,24H,15-17H2,1-2H3,(H,26,28). The quantitative estimate of drug-likeness (QED) is 0.453. The minimum atomic E-state index is -3.95. The van der Waals surface area contributed by atoms with Crippen LogP contribution in [0.1, 0.15) is 0 Å². The number of hydrogen-bond acceptors (Lipinski definition) is 7. The number of benzene rings is 3. The largest absolute Gasteiger partial charge is 0.497 e. The molecule has 1 atom stereocenters. The first-order valence-corrected chi connectivity index (χ1v) is 12.3. The Morgan fingerprint density at radius 3 is 2.20 bits per heavy atom. The third-order valence-corrected chi connectivity index (χ3v) is 7.20. The molecular weight excluding hydrogens is 472 g/mol. The monoisotopic (exact) mass is 498 g/mol. The van der Waals surface area contributed by atoms with Gasteiger partial charge in [0.25, 0.3) is 15.9 Å². The Labute approximate surface area is 204 Å². The van der Waals surface area contributed by atoms with Crippen molar-refractivity contribution in [3.8, 4) is 23.0 Å². The molecule has 4 rings (SSSR count). The number of anilines is 1. The Morgan fingerprint density at radius 2 is 1.54 bits per heavy atom. The number of hydrogen-bond donors (Lipinski definition) is 1. The summed E-state index contributed by atoms with van der Waals surface area (Å²) in [6.07, 6.45) is -1.03. The van der Waals surface area contributed by atoms with E-state index in [9.17, 15) is 13.2 Å². The number of carbonyl (C=O) groups excluding carboxylic acids is 1. The van der Waals surface area contributed by atoms with Crippen LogP contribution in [-0.2, 0) is 14.8 Å². The van der Waals surface area contributed by atoms with Gasteiger partial charge in [-0.15, -0.1) is 0 Å². The van der Waals surface area contributed by atoms with Gasteiger partial charge in [-0.1, -0.05) is 12.1 Å². The van der Waals surface area contributed by atoms with E-state index in [4.69, 9.17) is 18.9 Å². The van der Waals surface area contributed by atoms with Crippen molar-refractivity contribution in [3.63, 3.8) is 0 Å². The topological polar surface area (TPSA) is 103 Å². The summed E-state index contributed by atoms with van der Waals surface area (Å²) in [7, 11) is -0.860. The Balaban J connectivity index is 1.44. The molecule has 1 heterocycles. The summed E-state index contributed by atoms with van der Waals surface area (Å²) in [4.78, 5) is 12.9. The predicted molar refractivity (Wildman–Crippen MR) is 130 cm³/mol. The highest BCUT2D eigenvalue weighted by Gasteiger charge is 2.37. The number of amides is 1. The molecule has 0 spiro atoms. The number of para-hydroxylation sites is 2. The summed E-state index contributed by atoms with van der Waals surface area (Å²) in [5, 5.41) is 2.75. The van der Waals surface area contributed by atoms with Crippen LogP contribution in [0.4, 0.5) is 5.69 Å². The number of carbonyl (C=O) groups is 1. The van der Waals surface area contributed by atoms with Crippen molar-refractivity contribution >= 4 is 21.6 Å². The molecule has 1 unspecified atom stereocenters. The summed E-state index contributed by atoms with van der Waals surface area (Å²) in [5.74, 6) is 1.77. The molecule has 184 valence electrons. The van der Waals surface area contributed by atoms with Crippen molar-refractivity contribution in [1.29, 1.82) is 0 Å². The van der Waals surface area contributed by atoms with Crippen molar-refractivity contribution in [2.24, 2.45) is 0 Å². The molecule has 1 aliphatic heterocycles. The SMILES string of the molecule is COc1ccc(OCCNC(=O)C2CN(S(=O)(=O)c3ccc(OC)cc3)c3ccccc3O2)cc1. The number of nitrogens with zero attached hydrogens (tertiary/aromatic N) is 1. The summed E-state index contributed by atoms with van der Waals surface area (Å²) in [6, 6.07) is 19.9. The van der Waals surface area contributed by atoms with Gasteiger partial charge in [0, 0.05) is 0 Å². The van der Waals surface area contributed by atoms with Crippen LogP contribution >= 0.6 is 0 Å². The van der Waals surface area contributed by atoms with Crippen LogP contribution in [0.15, 0.2) is 77.7 Å². The van der Waals surface area contributed by atoms with Crippen molar-refractivity contribution in [2.45, 2.75) is 11.0 Å². The van der Waals surface area contributed by atoms with Gasteiger partial charge < -0.3 is 24.3 Å². The number of rotatable bonds is 9. The van der Waals surface area contributed by atoms with Gasteiger partial charge in [-0.05, 0) is 60.7 Å². The number of fused-ring (bicyclic) bond motifs is 1. The lowest BCUT2D eigenvalue weighted by atomic mass is 10.2. The van der Waals surface area contributed by atoms with Crippen molar-refractivity contribution in [3.05, 3.63) is 72.8 Å². The second-order valence-corrected chi connectivity index (χ2v) is 9.46. The van der Waals surface area contributed by atoms with Gasteiger partial charge in [0.1, 0.15) is 29.6 Å². The lowest BCUT2D eigenvalue weighted by molar-refractivity contribution is -0.127. The van der Waals surface area contributed by atoms with Crippen molar-refractivity contribution in [1.82, 2.24) is 5.32 Å². The molecule has 35 heavy (non-hydrogen) atoms. The zero-order valence-electron chi connectivity index (χ0n) is 19.3. The van der Waals surface area contributed by atoms with E-state index in [2.05, 4.69) is 5.32 Å².